The third kappa shape index (κ3) is 4.25. The molecule has 0 saturated carbocycles. The van der Waals surface area contributed by atoms with E-state index in [9.17, 15) is 15.2 Å². The van der Waals surface area contributed by atoms with Crippen LogP contribution in [0.1, 0.15) is 56.2 Å². The normalized spacial score (nSPS) is 13.4. The second-order valence-electron chi connectivity index (χ2n) is 9.59. The summed E-state index contributed by atoms with van der Waals surface area (Å²) in [5.74, 6) is -0.966. The van der Waals surface area contributed by atoms with E-state index < -0.39 is 11.4 Å². The Bertz CT molecular complexity index is 1560. The molecule has 4 aromatic rings. The summed E-state index contributed by atoms with van der Waals surface area (Å²) in [4.78, 5) is 11.5. The number of nitrogens with one attached hydrogen (secondary N) is 1. The van der Waals surface area contributed by atoms with Crippen LogP contribution in [0.3, 0.4) is 0 Å². The fourth-order valence-corrected chi connectivity index (χ4v) is 4.90. The summed E-state index contributed by atoms with van der Waals surface area (Å²) in [5, 5.41) is 28.5. The average Bonchev–Trinajstić information content (AvgIpc) is 3.45. The Balaban J connectivity index is 2.17. The minimum atomic E-state index is -0.966. The summed E-state index contributed by atoms with van der Waals surface area (Å²) in [6.07, 6.45) is 10.0. The van der Waals surface area contributed by atoms with Crippen molar-refractivity contribution in [2.75, 3.05) is 0 Å². The number of nitrogens with zero attached hydrogens (tertiary/aromatic N) is 3. The van der Waals surface area contributed by atoms with Gasteiger partial charge in [0.1, 0.15) is 0 Å². The van der Waals surface area contributed by atoms with E-state index in [2.05, 4.69) is 66.4 Å². The van der Waals surface area contributed by atoms with Gasteiger partial charge in [0.25, 0.3) is 0 Å². The number of fused-ring (bicyclic) bond motifs is 2. The maximum Gasteiger partial charge on any atom is 0.335 e. The molecule has 0 spiro atoms. The minimum Gasteiger partial charge on any atom is -0.478 e. The van der Waals surface area contributed by atoms with E-state index in [4.69, 9.17) is 0 Å². The fraction of sp³-hybridized carbons (Fsp3) is 0.233. The van der Waals surface area contributed by atoms with Crippen LogP contribution in [-0.2, 0) is 5.41 Å². The summed E-state index contributed by atoms with van der Waals surface area (Å²) in [6, 6.07) is 13.5. The molecule has 0 saturated heterocycles. The molecule has 2 N–H and O–H groups in total. The first-order chi connectivity index (χ1) is 17.2. The van der Waals surface area contributed by atoms with Gasteiger partial charge >= 0.3 is 5.97 Å². The van der Waals surface area contributed by atoms with Crippen LogP contribution in [0.4, 0.5) is 0 Å². The Morgan fingerprint density at radius 2 is 2.03 bits per heavy atom. The Morgan fingerprint density at radius 3 is 2.64 bits per heavy atom. The number of hydrogen-bond donors (Lipinski definition) is 2. The molecule has 0 amide bonds. The Kier molecular flexibility index (Phi) is 6.67. The van der Waals surface area contributed by atoms with E-state index in [1.807, 2.05) is 43.5 Å². The van der Waals surface area contributed by atoms with Crippen LogP contribution < -0.4 is 0 Å². The van der Waals surface area contributed by atoms with Crippen molar-refractivity contribution in [3.63, 3.8) is 0 Å². The van der Waals surface area contributed by atoms with Gasteiger partial charge in [-0.1, -0.05) is 56.9 Å². The fourth-order valence-electron chi connectivity index (χ4n) is 4.90. The Labute approximate surface area is 210 Å². The number of benzene rings is 2. The van der Waals surface area contributed by atoms with Crippen molar-refractivity contribution >= 4 is 27.8 Å². The molecule has 0 aliphatic heterocycles. The van der Waals surface area contributed by atoms with E-state index in [1.54, 1.807) is 12.1 Å². The molecule has 0 bridgehead atoms. The highest BCUT2D eigenvalue weighted by molar-refractivity contribution is 6.05. The van der Waals surface area contributed by atoms with Gasteiger partial charge in [0.2, 0.25) is 0 Å². The van der Waals surface area contributed by atoms with Crippen LogP contribution >= 0.6 is 0 Å². The molecule has 1 atom stereocenters. The van der Waals surface area contributed by atoms with Gasteiger partial charge in [-0.05, 0) is 49.2 Å². The zero-order chi connectivity index (χ0) is 26.0. The number of allylic oxidation sites excluding steroid dienone is 5. The number of hydrogen-bond acceptors (Lipinski definition) is 3. The predicted molar refractivity (Wildman–Crippen MR) is 145 cm³/mol. The van der Waals surface area contributed by atoms with Gasteiger partial charge in [-0.25, -0.2) is 4.79 Å². The van der Waals surface area contributed by atoms with Crippen LogP contribution in [0.5, 0.6) is 0 Å². The lowest BCUT2D eigenvalue weighted by molar-refractivity contribution is 0.0697. The lowest BCUT2D eigenvalue weighted by Gasteiger charge is -2.30. The van der Waals surface area contributed by atoms with Gasteiger partial charge in [-0.15, -0.1) is 0 Å². The number of carboxylic acids is 1. The van der Waals surface area contributed by atoms with E-state index in [1.165, 1.54) is 0 Å². The molecule has 2 aromatic heterocycles. The highest BCUT2D eigenvalue weighted by atomic mass is 16.4. The van der Waals surface area contributed by atoms with Crippen LogP contribution in [0.25, 0.3) is 32.9 Å². The summed E-state index contributed by atoms with van der Waals surface area (Å²) >= 11 is 0. The van der Waals surface area contributed by atoms with Crippen molar-refractivity contribution in [1.29, 1.82) is 5.26 Å². The molecule has 6 heteroatoms. The van der Waals surface area contributed by atoms with Gasteiger partial charge in [0, 0.05) is 33.9 Å². The van der Waals surface area contributed by atoms with Crippen LogP contribution in [0, 0.1) is 11.3 Å². The number of aromatic carboxylic acids is 1. The molecule has 4 rings (SSSR count). The molecule has 36 heavy (non-hydrogen) atoms. The summed E-state index contributed by atoms with van der Waals surface area (Å²) in [6.45, 7) is 12.3. The number of aromatic amines is 1. The van der Waals surface area contributed by atoms with Gasteiger partial charge in [-0.3, -0.25) is 5.10 Å². The maximum atomic E-state index is 11.5. The summed E-state index contributed by atoms with van der Waals surface area (Å²) < 4.78 is 2.30. The second kappa shape index (κ2) is 9.71. The number of nitriles is 1. The van der Waals surface area contributed by atoms with Gasteiger partial charge in [0.05, 0.1) is 34.9 Å². The maximum absolute atomic E-state index is 11.5. The first kappa shape index (κ1) is 24.7. The van der Waals surface area contributed by atoms with Crippen molar-refractivity contribution in [2.24, 2.45) is 0 Å². The third-order valence-corrected chi connectivity index (χ3v) is 6.73. The number of aromatic nitrogens is 3. The molecule has 6 nitrogen and oxygen atoms in total. The van der Waals surface area contributed by atoms with E-state index in [0.717, 1.165) is 44.2 Å². The highest BCUT2D eigenvalue weighted by Gasteiger charge is 2.33. The number of carboxylic acid groups (broad SMARTS) is 1. The van der Waals surface area contributed by atoms with E-state index in [-0.39, 0.29) is 11.6 Å². The van der Waals surface area contributed by atoms with Crippen molar-refractivity contribution in [3.8, 4) is 17.2 Å². The number of H-pyrrole nitrogens is 1. The molecule has 2 aromatic carbocycles. The molecule has 0 fully saturated rings. The highest BCUT2D eigenvalue weighted by Crippen LogP contribution is 2.46. The monoisotopic (exact) mass is 478 g/mol. The van der Waals surface area contributed by atoms with E-state index in [0.29, 0.717) is 6.42 Å². The van der Waals surface area contributed by atoms with Crippen LogP contribution in [0.2, 0.25) is 0 Å². The van der Waals surface area contributed by atoms with Crippen LogP contribution in [0.15, 0.2) is 79.1 Å². The lowest BCUT2D eigenvalue weighted by Crippen LogP contribution is -2.24. The standard InChI is InChI=1S/C30H30N4O2/c1-6-8-9-20(7-2)19(3)34-26-16-23-18-32-33-25(23)17-24(26)27(28(34)30(4,5)14-15-31)21-10-12-22(13-11-21)29(35)36/h6-13,16-19H,2,14H2,1,3-5H3,(H,32,33)(H,35,36)/b8-6-,20-9+. The van der Waals surface area contributed by atoms with Gasteiger partial charge in [-0.2, -0.15) is 10.4 Å². The molecule has 1 unspecified atom stereocenters. The molecule has 2 heterocycles. The lowest BCUT2D eigenvalue weighted by atomic mass is 9.81. The molecular weight excluding hydrogens is 448 g/mol. The zero-order valence-electron chi connectivity index (χ0n) is 21.0. The molecule has 0 aliphatic rings. The Morgan fingerprint density at radius 1 is 1.31 bits per heavy atom. The first-order valence-electron chi connectivity index (χ1n) is 11.9. The minimum absolute atomic E-state index is 0.0782. The van der Waals surface area contributed by atoms with Gasteiger partial charge in [0.15, 0.2) is 0 Å². The SMILES string of the molecule is C=C/C(=C\C=C/C)C(C)n1c(C(C)(C)CC#N)c(-c2ccc(C(=O)O)cc2)c2cc3[nH]ncc3cc21. The van der Waals surface area contributed by atoms with Gasteiger partial charge < -0.3 is 9.67 Å². The number of rotatable bonds is 8. The molecule has 0 radical (unpaired) electrons. The zero-order valence-corrected chi connectivity index (χ0v) is 21.0. The largest absolute Gasteiger partial charge is 0.478 e. The first-order valence-corrected chi connectivity index (χ1v) is 11.9. The van der Waals surface area contributed by atoms with E-state index >= 15 is 0 Å². The second-order valence-corrected chi connectivity index (χ2v) is 9.59. The topological polar surface area (TPSA) is 94.7 Å². The average molecular weight is 479 g/mol. The van der Waals surface area contributed by atoms with Crippen LogP contribution in [-0.4, -0.2) is 25.8 Å². The molecule has 0 aliphatic carbocycles. The Hall–Kier alpha value is -4.37. The van der Waals surface area contributed by atoms with Crippen molar-refractivity contribution < 1.29 is 9.90 Å². The molecule has 182 valence electrons. The summed E-state index contributed by atoms with van der Waals surface area (Å²) in [7, 11) is 0. The van der Waals surface area contributed by atoms with Crippen molar-refractivity contribution in [3.05, 3.63) is 90.3 Å². The predicted octanol–water partition coefficient (Wildman–Crippen LogP) is 7.32. The van der Waals surface area contributed by atoms with Crippen molar-refractivity contribution in [1.82, 2.24) is 14.8 Å². The smallest absolute Gasteiger partial charge is 0.335 e. The quantitative estimate of drug-likeness (QED) is 0.259. The number of carbonyl (C=O) groups is 1. The molecular formula is C30H30N4O2. The van der Waals surface area contributed by atoms with Crippen molar-refractivity contribution in [2.45, 2.75) is 45.6 Å². The summed E-state index contributed by atoms with van der Waals surface area (Å²) in [5.41, 5.74) is 5.60. The third-order valence-electron chi connectivity index (χ3n) is 6.73.